The van der Waals surface area contributed by atoms with E-state index in [-0.39, 0.29) is 12.5 Å². The molecule has 0 aliphatic carbocycles. The number of carbonyl (C=O) groups excluding carboxylic acids is 2. The van der Waals surface area contributed by atoms with Crippen molar-refractivity contribution in [2.75, 3.05) is 33.4 Å². The van der Waals surface area contributed by atoms with Gasteiger partial charge < -0.3 is 25.5 Å². The van der Waals surface area contributed by atoms with Gasteiger partial charge in [-0.3, -0.25) is 9.59 Å². The number of likely N-dealkylation sites (N-methyl/N-ethyl adjacent to an activating group) is 1. The van der Waals surface area contributed by atoms with Crippen molar-refractivity contribution in [3.63, 3.8) is 0 Å². The van der Waals surface area contributed by atoms with E-state index in [1.807, 2.05) is 0 Å². The molecule has 1 aromatic rings. The molecule has 0 bridgehead atoms. The quantitative estimate of drug-likeness (QED) is 0.494. The molecule has 0 aliphatic rings. The SMILES string of the molecule is CN(CC(=O)NC(CO)(CO)CO)C(=O)c1ccccc1. The fourth-order valence-electron chi connectivity index (χ4n) is 1.69. The molecule has 2 amide bonds. The molecule has 7 heteroatoms. The van der Waals surface area contributed by atoms with Crippen molar-refractivity contribution >= 4 is 11.8 Å². The molecule has 0 radical (unpaired) electrons. The summed E-state index contributed by atoms with van der Waals surface area (Å²) < 4.78 is 0. The van der Waals surface area contributed by atoms with Crippen LogP contribution in [0.1, 0.15) is 10.4 Å². The number of aliphatic hydroxyl groups excluding tert-OH is 3. The zero-order valence-electron chi connectivity index (χ0n) is 11.8. The van der Waals surface area contributed by atoms with Crippen LogP contribution in [0.15, 0.2) is 30.3 Å². The molecule has 1 rings (SSSR count). The van der Waals surface area contributed by atoms with Crippen molar-refractivity contribution in [1.82, 2.24) is 10.2 Å². The first-order chi connectivity index (χ1) is 9.98. The lowest BCUT2D eigenvalue weighted by Crippen LogP contribution is -2.58. The number of aliphatic hydroxyl groups is 3. The minimum atomic E-state index is -1.49. The Morgan fingerprint density at radius 2 is 1.62 bits per heavy atom. The Morgan fingerprint density at radius 3 is 2.10 bits per heavy atom. The van der Waals surface area contributed by atoms with Crippen LogP contribution in [-0.4, -0.2) is 71.0 Å². The highest BCUT2D eigenvalue weighted by Gasteiger charge is 2.30. The molecule has 0 aromatic heterocycles. The van der Waals surface area contributed by atoms with Gasteiger partial charge in [0.05, 0.1) is 26.4 Å². The van der Waals surface area contributed by atoms with E-state index in [1.165, 1.54) is 11.9 Å². The van der Waals surface area contributed by atoms with E-state index >= 15 is 0 Å². The lowest BCUT2D eigenvalue weighted by molar-refractivity contribution is -0.125. The summed E-state index contributed by atoms with van der Waals surface area (Å²) in [6.45, 7) is -2.08. The van der Waals surface area contributed by atoms with Crippen LogP contribution in [0.4, 0.5) is 0 Å². The summed E-state index contributed by atoms with van der Waals surface area (Å²) in [5, 5.41) is 29.7. The number of benzene rings is 1. The third-order valence-corrected chi connectivity index (χ3v) is 3.06. The molecule has 0 spiro atoms. The molecule has 0 saturated carbocycles. The third kappa shape index (κ3) is 4.52. The Morgan fingerprint density at radius 1 is 1.10 bits per heavy atom. The minimum Gasteiger partial charge on any atom is -0.394 e. The monoisotopic (exact) mass is 296 g/mol. The zero-order valence-corrected chi connectivity index (χ0v) is 11.8. The van der Waals surface area contributed by atoms with Crippen LogP contribution < -0.4 is 5.32 Å². The van der Waals surface area contributed by atoms with Gasteiger partial charge >= 0.3 is 0 Å². The standard InChI is InChI=1S/C14H20N2O5/c1-16(13(21)11-5-3-2-4-6-11)7-12(20)15-14(8-17,9-18)10-19/h2-6,17-19H,7-10H2,1H3,(H,15,20). The molecule has 0 saturated heterocycles. The van der Waals surface area contributed by atoms with Gasteiger partial charge in [0, 0.05) is 12.6 Å². The van der Waals surface area contributed by atoms with E-state index in [4.69, 9.17) is 15.3 Å². The summed E-state index contributed by atoms with van der Waals surface area (Å²) in [5.74, 6) is -0.910. The Hall–Kier alpha value is -1.96. The predicted octanol–water partition coefficient (Wildman–Crippen LogP) is -1.41. The van der Waals surface area contributed by atoms with E-state index < -0.39 is 31.3 Å². The fraction of sp³-hybridized carbons (Fsp3) is 0.429. The van der Waals surface area contributed by atoms with E-state index in [0.717, 1.165) is 0 Å². The molecule has 7 nitrogen and oxygen atoms in total. The first-order valence-electron chi connectivity index (χ1n) is 6.42. The van der Waals surface area contributed by atoms with Crippen molar-refractivity contribution in [2.45, 2.75) is 5.54 Å². The third-order valence-electron chi connectivity index (χ3n) is 3.06. The highest BCUT2D eigenvalue weighted by molar-refractivity contribution is 5.96. The maximum atomic E-state index is 12.1. The van der Waals surface area contributed by atoms with Crippen LogP contribution in [0.2, 0.25) is 0 Å². The number of carbonyl (C=O) groups is 2. The van der Waals surface area contributed by atoms with Crippen LogP contribution >= 0.6 is 0 Å². The van der Waals surface area contributed by atoms with Crippen molar-refractivity contribution < 1.29 is 24.9 Å². The smallest absolute Gasteiger partial charge is 0.254 e. The molecule has 21 heavy (non-hydrogen) atoms. The Bertz CT molecular complexity index is 465. The second-order valence-corrected chi connectivity index (χ2v) is 4.83. The van der Waals surface area contributed by atoms with E-state index in [9.17, 15) is 9.59 Å². The lowest BCUT2D eigenvalue weighted by atomic mass is 10.0. The van der Waals surface area contributed by atoms with Gasteiger partial charge in [0.25, 0.3) is 5.91 Å². The maximum Gasteiger partial charge on any atom is 0.254 e. The second-order valence-electron chi connectivity index (χ2n) is 4.83. The predicted molar refractivity (Wildman–Crippen MR) is 75.5 cm³/mol. The average molecular weight is 296 g/mol. The molecule has 0 atom stereocenters. The Labute approximate surface area is 122 Å². The van der Waals surface area contributed by atoms with Gasteiger partial charge in [0.15, 0.2) is 0 Å². The topological polar surface area (TPSA) is 110 Å². The van der Waals surface area contributed by atoms with Crippen LogP contribution in [0, 0.1) is 0 Å². The molecule has 0 heterocycles. The van der Waals surface area contributed by atoms with Gasteiger partial charge in [-0.15, -0.1) is 0 Å². The lowest BCUT2D eigenvalue weighted by Gasteiger charge is -2.29. The van der Waals surface area contributed by atoms with Gasteiger partial charge in [-0.1, -0.05) is 18.2 Å². The number of hydrogen-bond acceptors (Lipinski definition) is 5. The fourth-order valence-corrected chi connectivity index (χ4v) is 1.69. The van der Waals surface area contributed by atoms with Crippen LogP contribution in [0.25, 0.3) is 0 Å². The first kappa shape index (κ1) is 17.1. The molecular formula is C14H20N2O5. The summed E-state index contributed by atoms with van der Waals surface area (Å²) in [7, 11) is 1.47. The summed E-state index contributed by atoms with van der Waals surface area (Å²) in [5.41, 5.74) is -1.04. The molecule has 116 valence electrons. The Balaban J connectivity index is 2.64. The van der Waals surface area contributed by atoms with E-state index in [0.29, 0.717) is 5.56 Å². The number of hydrogen-bond donors (Lipinski definition) is 4. The molecule has 0 aliphatic heterocycles. The van der Waals surface area contributed by atoms with Crippen molar-refractivity contribution in [1.29, 1.82) is 0 Å². The van der Waals surface area contributed by atoms with Gasteiger partial charge in [-0.05, 0) is 12.1 Å². The molecule has 0 unspecified atom stereocenters. The number of nitrogens with one attached hydrogen (secondary N) is 1. The molecule has 1 aromatic carbocycles. The largest absolute Gasteiger partial charge is 0.394 e. The zero-order chi connectivity index (χ0) is 15.9. The number of rotatable bonds is 7. The van der Waals surface area contributed by atoms with Gasteiger partial charge in [-0.2, -0.15) is 0 Å². The number of amides is 2. The van der Waals surface area contributed by atoms with Crippen LogP contribution in [-0.2, 0) is 4.79 Å². The Kier molecular flexibility index (Phi) is 6.29. The summed E-state index contributed by atoms with van der Waals surface area (Å²) >= 11 is 0. The molecular weight excluding hydrogens is 276 g/mol. The average Bonchev–Trinajstić information content (AvgIpc) is 2.52. The van der Waals surface area contributed by atoms with Crippen LogP contribution in [0.3, 0.4) is 0 Å². The summed E-state index contributed by atoms with van der Waals surface area (Å²) in [6, 6.07) is 8.49. The van der Waals surface area contributed by atoms with E-state index in [1.54, 1.807) is 30.3 Å². The van der Waals surface area contributed by atoms with Gasteiger partial charge in [0.2, 0.25) is 5.91 Å². The molecule has 4 N–H and O–H groups in total. The van der Waals surface area contributed by atoms with Crippen molar-refractivity contribution in [3.8, 4) is 0 Å². The van der Waals surface area contributed by atoms with Gasteiger partial charge in [0.1, 0.15) is 5.54 Å². The summed E-state index contributed by atoms with van der Waals surface area (Å²) in [6.07, 6.45) is 0. The van der Waals surface area contributed by atoms with Gasteiger partial charge in [-0.25, -0.2) is 0 Å². The molecule has 0 fully saturated rings. The van der Waals surface area contributed by atoms with Crippen LogP contribution in [0.5, 0.6) is 0 Å². The second kappa shape index (κ2) is 7.72. The van der Waals surface area contributed by atoms with Crippen molar-refractivity contribution in [2.24, 2.45) is 0 Å². The minimum absolute atomic E-state index is 0.254. The first-order valence-corrected chi connectivity index (χ1v) is 6.42. The van der Waals surface area contributed by atoms with Crippen molar-refractivity contribution in [3.05, 3.63) is 35.9 Å². The highest BCUT2D eigenvalue weighted by atomic mass is 16.3. The van der Waals surface area contributed by atoms with E-state index in [2.05, 4.69) is 5.32 Å². The summed E-state index contributed by atoms with van der Waals surface area (Å²) in [4.78, 5) is 25.1. The maximum absolute atomic E-state index is 12.1. The number of nitrogens with zero attached hydrogens (tertiary/aromatic N) is 1. The highest BCUT2D eigenvalue weighted by Crippen LogP contribution is 2.04. The normalized spacial score (nSPS) is 11.0.